The second kappa shape index (κ2) is 10.00. The number of ether oxygens (including phenoxy) is 1. The smallest absolute Gasteiger partial charge is 0.119 e. The Balaban J connectivity index is 1.46. The van der Waals surface area contributed by atoms with E-state index >= 15 is 0 Å². The second-order valence-corrected chi connectivity index (χ2v) is 8.25. The van der Waals surface area contributed by atoms with Crippen molar-refractivity contribution in [3.8, 4) is 5.75 Å². The predicted molar refractivity (Wildman–Crippen MR) is 113 cm³/mol. The number of hydrogen-bond donors (Lipinski definition) is 0. The summed E-state index contributed by atoms with van der Waals surface area (Å²) in [7, 11) is 1.74. The fraction of sp³-hybridized carbons (Fsp3) is 0.600. The molecule has 0 radical (unpaired) electrons. The van der Waals surface area contributed by atoms with Gasteiger partial charge >= 0.3 is 0 Å². The molecule has 0 aromatic heterocycles. The van der Waals surface area contributed by atoms with Gasteiger partial charge in [0.1, 0.15) is 5.75 Å². The highest BCUT2D eigenvalue weighted by Gasteiger charge is 2.22. The molecule has 2 aromatic carbocycles. The quantitative estimate of drug-likeness (QED) is 0.417. The van der Waals surface area contributed by atoms with Crippen molar-refractivity contribution in [3.05, 3.63) is 42.0 Å². The number of methoxy groups -OCH3 is 1. The highest BCUT2D eigenvalue weighted by molar-refractivity contribution is 5.84. The van der Waals surface area contributed by atoms with Crippen molar-refractivity contribution in [2.45, 2.75) is 83.5 Å². The van der Waals surface area contributed by atoms with Crippen molar-refractivity contribution < 1.29 is 4.74 Å². The number of rotatable bonds is 9. The van der Waals surface area contributed by atoms with Crippen LogP contribution in [0.5, 0.6) is 5.75 Å². The van der Waals surface area contributed by atoms with Crippen LogP contribution in [-0.4, -0.2) is 7.11 Å². The molecule has 0 N–H and O–H groups in total. The van der Waals surface area contributed by atoms with Crippen LogP contribution < -0.4 is 4.74 Å². The topological polar surface area (TPSA) is 9.23 Å². The van der Waals surface area contributed by atoms with Crippen LogP contribution in [-0.2, 0) is 0 Å². The molecule has 0 spiro atoms. The minimum absolute atomic E-state index is 0.766. The van der Waals surface area contributed by atoms with Crippen molar-refractivity contribution in [3.63, 3.8) is 0 Å². The highest BCUT2D eigenvalue weighted by Crippen LogP contribution is 2.38. The molecule has 2 aromatic rings. The van der Waals surface area contributed by atoms with E-state index in [2.05, 4.69) is 43.3 Å². The summed E-state index contributed by atoms with van der Waals surface area (Å²) in [5, 5.41) is 2.63. The van der Waals surface area contributed by atoms with Gasteiger partial charge in [0.2, 0.25) is 0 Å². The van der Waals surface area contributed by atoms with Gasteiger partial charge in [-0.1, -0.05) is 76.1 Å². The van der Waals surface area contributed by atoms with Gasteiger partial charge in [-0.05, 0) is 66.0 Å². The Morgan fingerprint density at radius 2 is 1.50 bits per heavy atom. The molecule has 1 aliphatic carbocycles. The molecule has 0 aliphatic heterocycles. The molecule has 0 atom stereocenters. The molecule has 1 nitrogen and oxygen atoms in total. The van der Waals surface area contributed by atoms with Crippen LogP contribution in [0.4, 0.5) is 0 Å². The molecule has 26 heavy (non-hydrogen) atoms. The fourth-order valence-corrected chi connectivity index (χ4v) is 4.62. The van der Waals surface area contributed by atoms with E-state index in [1.54, 1.807) is 12.7 Å². The normalized spacial score (nSPS) is 20.4. The Kier molecular flexibility index (Phi) is 7.41. The van der Waals surface area contributed by atoms with Crippen LogP contribution in [0.1, 0.15) is 89.0 Å². The first-order valence-electron chi connectivity index (χ1n) is 10.9. The zero-order valence-corrected chi connectivity index (χ0v) is 16.8. The number of fused-ring (bicyclic) bond motifs is 1. The average Bonchev–Trinajstić information content (AvgIpc) is 2.70. The van der Waals surface area contributed by atoms with Crippen LogP contribution in [0.25, 0.3) is 10.8 Å². The predicted octanol–water partition coefficient (Wildman–Crippen LogP) is 7.87. The zero-order valence-electron chi connectivity index (χ0n) is 16.8. The third kappa shape index (κ3) is 5.25. The van der Waals surface area contributed by atoms with Crippen molar-refractivity contribution >= 4 is 10.8 Å². The first-order chi connectivity index (χ1) is 12.8. The molecular weight excluding hydrogens is 316 g/mol. The van der Waals surface area contributed by atoms with Gasteiger partial charge in [-0.15, -0.1) is 0 Å². The van der Waals surface area contributed by atoms with Crippen molar-refractivity contribution in [2.24, 2.45) is 5.92 Å². The van der Waals surface area contributed by atoms with E-state index in [1.807, 2.05) is 0 Å². The Bertz CT molecular complexity index is 667. The molecule has 1 saturated carbocycles. The van der Waals surface area contributed by atoms with Crippen molar-refractivity contribution in [2.75, 3.05) is 7.11 Å². The summed E-state index contributed by atoms with van der Waals surface area (Å²) in [5.74, 6) is 2.70. The summed E-state index contributed by atoms with van der Waals surface area (Å²) in [4.78, 5) is 0. The van der Waals surface area contributed by atoms with Crippen LogP contribution in [0.15, 0.2) is 36.4 Å². The molecule has 142 valence electrons. The maximum Gasteiger partial charge on any atom is 0.119 e. The largest absolute Gasteiger partial charge is 0.497 e. The van der Waals surface area contributed by atoms with Gasteiger partial charge in [0.25, 0.3) is 0 Å². The van der Waals surface area contributed by atoms with Gasteiger partial charge in [0.15, 0.2) is 0 Å². The van der Waals surface area contributed by atoms with E-state index in [0.717, 1.165) is 17.6 Å². The summed E-state index contributed by atoms with van der Waals surface area (Å²) in [5.41, 5.74) is 1.54. The van der Waals surface area contributed by atoms with Crippen LogP contribution in [0.2, 0.25) is 0 Å². The summed E-state index contributed by atoms with van der Waals surface area (Å²) in [6, 6.07) is 13.4. The van der Waals surface area contributed by atoms with E-state index in [4.69, 9.17) is 4.74 Å². The molecule has 3 rings (SSSR count). The molecule has 1 fully saturated rings. The van der Waals surface area contributed by atoms with Crippen molar-refractivity contribution in [1.29, 1.82) is 0 Å². The van der Waals surface area contributed by atoms with Gasteiger partial charge in [0.05, 0.1) is 7.11 Å². The Morgan fingerprint density at radius 3 is 2.27 bits per heavy atom. The molecule has 1 heteroatoms. The van der Waals surface area contributed by atoms with Gasteiger partial charge < -0.3 is 4.74 Å². The van der Waals surface area contributed by atoms with E-state index < -0.39 is 0 Å². The van der Waals surface area contributed by atoms with Crippen LogP contribution in [0, 0.1) is 5.92 Å². The molecule has 0 unspecified atom stereocenters. The number of hydrogen-bond acceptors (Lipinski definition) is 1. The maximum absolute atomic E-state index is 5.34. The molecule has 0 heterocycles. The van der Waals surface area contributed by atoms with Gasteiger partial charge in [-0.3, -0.25) is 0 Å². The fourth-order valence-electron chi connectivity index (χ4n) is 4.62. The number of unbranched alkanes of at least 4 members (excludes halogenated alkanes) is 5. The van der Waals surface area contributed by atoms with Gasteiger partial charge in [-0.25, -0.2) is 0 Å². The molecular formula is C25H36O. The second-order valence-electron chi connectivity index (χ2n) is 8.25. The zero-order chi connectivity index (χ0) is 18.2. The Hall–Kier alpha value is -1.50. The highest BCUT2D eigenvalue weighted by atomic mass is 16.5. The average molecular weight is 353 g/mol. The third-order valence-electron chi connectivity index (χ3n) is 6.36. The standard InChI is InChI=1S/C25H36O/c1-3-4-5-6-7-8-9-20-10-12-21(13-11-20)22-14-15-24-19-25(26-2)17-16-23(24)18-22/h14-21H,3-13H2,1-2H3/t20-,21-. The summed E-state index contributed by atoms with van der Waals surface area (Å²) in [6.45, 7) is 2.30. The maximum atomic E-state index is 5.34. The van der Waals surface area contributed by atoms with E-state index in [1.165, 1.54) is 81.4 Å². The monoisotopic (exact) mass is 352 g/mol. The van der Waals surface area contributed by atoms with Crippen LogP contribution >= 0.6 is 0 Å². The van der Waals surface area contributed by atoms with Gasteiger partial charge in [-0.2, -0.15) is 0 Å². The number of benzene rings is 2. The first-order valence-corrected chi connectivity index (χ1v) is 10.9. The minimum atomic E-state index is 0.766. The van der Waals surface area contributed by atoms with Gasteiger partial charge in [0, 0.05) is 0 Å². The lowest BCUT2D eigenvalue weighted by Gasteiger charge is -2.29. The summed E-state index contributed by atoms with van der Waals surface area (Å²) in [6.07, 6.45) is 15.7. The lowest BCUT2D eigenvalue weighted by atomic mass is 9.77. The Labute approximate surface area is 160 Å². The summed E-state index contributed by atoms with van der Waals surface area (Å²) >= 11 is 0. The molecule has 0 bridgehead atoms. The molecule has 0 saturated heterocycles. The Morgan fingerprint density at radius 1 is 0.808 bits per heavy atom. The third-order valence-corrected chi connectivity index (χ3v) is 6.36. The lowest BCUT2D eigenvalue weighted by molar-refractivity contribution is 0.302. The van der Waals surface area contributed by atoms with E-state index in [-0.39, 0.29) is 0 Å². The summed E-state index contributed by atoms with van der Waals surface area (Å²) < 4.78 is 5.34. The van der Waals surface area contributed by atoms with E-state index in [0.29, 0.717) is 0 Å². The van der Waals surface area contributed by atoms with Crippen LogP contribution in [0.3, 0.4) is 0 Å². The van der Waals surface area contributed by atoms with Crippen molar-refractivity contribution in [1.82, 2.24) is 0 Å². The lowest BCUT2D eigenvalue weighted by Crippen LogP contribution is -2.13. The SMILES string of the molecule is CCCCCCCC[C@H]1CC[C@H](c2ccc3cc(OC)ccc3c2)CC1. The molecule has 1 aliphatic rings. The first kappa shape index (κ1) is 19.3. The molecule has 0 amide bonds. The minimum Gasteiger partial charge on any atom is -0.497 e. The van der Waals surface area contributed by atoms with E-state index in [9.17, 15) is 0 Å².